The van der Waals surface area contributed by atoms with Gasteiger partial charge in [0.2, 0.25) is 0 Å². The third-order valence-electron chi connectivity index (χ3n) is 3.89. The minimum absolute atomic E-state index is 0.167. The molecule has 0 fully saturated rings. The van der Waals surface area contributed by atoms with Crippen LogP contribution in [0.25, 0.3) is 6.08 Å². The van der Waals surface area contributed by atoms with Gasteiger partial charge in [-0.25, -0.2) is 8.42 Å². The molecule has 0 atom stereocenters. The predicted octanol–water partition coefficient (Wildman–Crippen LogP) is 4.09. The molecule has 0 saturated heterocycles. The highest BCUT2D eigenvalue weighted by molar-refractivity contribution is 7.92. The SMILES string of the molecule is Cc1ccc(S(=O)(=O)Nc2ccc(C(=O)/C=C/c3ccncc3)cc2)cc1. The second-order valence-electron chi connectivity index (χ2n) is 5.97. The van der Waals surface area contributed by atoms with Crippen LogP contribution >= 0.6 is 0 Å². The average Bonchev–Trinajstić information content (AvgIpc) is 2.67. The number of hydrogen-bond donors (Lipinski definition) is 1. The molecule has 3 aromatic rings. The zero-order valence-electron chi connectivity index (χ0n) is 14.7. The van der Waals surface area contributed by atoms with Gasteiger partial charge in [-0.2, -0.15) is 0 Å². The van der Waals surface area contributed by atoms with Gasteiger partial charge in [0, 0.05) is 23.6 Å². The fourth-order valence-electron chi connectivity index (χ4n) is 2.38. The first-order valence-corrected chi connectivity index (χ1v) is 9.74. The summed E-state index contributed by atoms with van der Waals surface area (Å²) < 4.78 is 27.3. The molecule has 2 aromatic carbocycles. The molecule has 0 aliphatic rings. The summed E-state index contributed by atoms with van der Waals surface area (Å²) in [5.74, 6) is -0.167. The lowest BCUT2D eigenvalue weighted by Crippen LogP contribution is -2.13. The Labute approximate surface area is 158 Å². The molecule has 0 aliphatic heterocycles. The van der Waals surface area contributed by atoms with Gasteiger partial charge in [0.05, 0.1) is 4.90 Å². The smallest absolute Gasteiger partial charge is 0.261 e. The number of ketones is 1. The molecule has 0 bridgehead atoms. The molecule has 0 radical (unpaired) electrons. The highest BCUT2D eigenvalue weighted by Gasteiger charge is 2.14. The summed E-state index contributed by atoms with van der Waals surface area (Å²) >= 11 is 0. The minimum atomic E-state index is -3.66. The summed E-state index contributed by atoms with van der Waals surface area (Å²) in [4.78, 5) is 16.3. The largest absolute Gasteiger partial charge is 0.289 e. The number of nitrogens with one attached hydrogen (secondary N) is 1. The average molecular weight is 378 g/mol. The number of sulfonamides is 1. The first-order valence-electron chi connectivity index (χ1n) is 8.26. The van der Waals surface area contributed by atoms with Crippen LogP contribution in [-0.4, -0.2) is 19.2 Å². The first kappa shape index (κ1) is 18.5. The van der Waals surface area contributed by atoms with E-state index < -0.39 is 10.0 Å². The Morgan fingerprint density at radius 3 is 2.19 bits per heavy atom. The first-order chi connectivity index (χ1) is 12.9. The summed E-state index contributed by atoms with van der Waals surface area (Å²) in [7, 11) is -3.66. The van der Waals surface area contributed by atoms with E-state index in [-0.39, 0.29) is 10.7 Å². The molecule has 5 nitrogen and oxygen atoms in total. The van der Waals surface area contributed by atoms with E-state index in [4.69, 9.17) is 0 Å². The Morgan fingerprint density at radius 2 is 1.56 bits per heavy atom. The van der Waals surface area contributed by atoms with Gasteiger partial charge in [-0.15, -0.1) is 0 Å². The van der Waals surface area contributed by atoms with Crippen molar-refractivity contribution in [2.75, 3.05) is 4.72 Å². The lowest BCUT2D eigenvalue weighted by atomic mass is 10.1. The van der Waals surface area contributed by atoms with Crippen LogP contribution in [0.5, 0.6) is 0 Å². The topological polar surface area (TPSA) is 76.1 Å². The lowest BCUT2D eigenvalue weighted by molar-refractivity contribution is 0.104. The second kappa shape index (κ2) is 7.97. The summed E-state index contributed by atoms with van der Waals surface area (Å²) in [6.07, 6.45) is 6.48. The van der Waals surface area contributed by atoms with Crippen molar-refractivity contribution in [1.29, 1.82) is 0 Å². The minimum Gasteiger partial charge on any atom is -0.289 e. The van der Waals surface area contributed by atoms with Crippen molar-refractivity contribution >= 4 is 27.6 Å². The highest BCUT2D eigenvalue weighted by atomic mass is 32.2. The Balaban J connectivity index is 1.70. The number of allylic oxidation sites excluding steroid dienone is 1. The van der Waals surface area contributed by atoms with E-state index in [1.54, 1.807) is 79.1 Å². The van der Waals surface area contributed by atoms with Crippen molar-refractivity contribution in [1.82, 2.24) is 4.98 Å². The highest BCUT2D eigenvalue weighted by Crippen LogP contribution is 2.17. The van der Waals surface area contributed by atoms with E-state index in [0.717, 1.165) is 11.1 Å². The molecule has 1 aromatic heterocycles. The monoisotopic (exact) mass is 378 g/mol. The molecule has 0 spiro atoms. The summed E-state index contributed by atoms with van der Waals surface area (Å²) in [6.45, 7) is 1.89. The van der Waals surface area contributed by atoms with Crippen LogP contribution in [0.3, 0.4) is 0 Å². The van der Waals surface area contributed by atoms with Crippen molar-refractivity contribution in [3.63, 3.8) is 0 Å². The number of carbonyl (C=O) groups excluding carboxylic acids is 1. The van der Waals surface area contributed by atoms with Crippen LogP contribution in [0.4, 0.5) is 5.69 Å². The maximum Gasteiger partial charge on any atom is 0.261 e. The van der Waals surface area contributed by atoms with E-state index in [9.17, 15) is 13.2 Å². The molecule has 1 N–H and O–H groups in total. The number of anilines is 1. The molecule has 6 heteroatoms. The molecule has 136 valence electrons. The number of nitrogens with zero attached hydrogens (tertiary/aromatic N) is 1. The van der Waals surface area contributed by atoms with Crippen LogP contribution in [0.15, 0.2) is 84.0 Å². The lowest BCUT2D eigenvalue weighted by Gasteiger charge is -2.08. The van der Waals surface area contributed by atoms with Crippen molar-refractivity contribution in [2.24, 2.45) is 0 Å². The third kappa shape index (κ3) is 4.89. The van der Waals surface area contributed by atoms with Gasteiger partial charge in [-0.05, 0) is 67.1 Å². The maximum atomic E-state index is 12.4. The van der Waals surface area contributed by atoms with E-state index in [1.807, 2.05) is 6.92 Å². The number of pyridine rings is 1. The van der Waals surface area contributed by atoms with Crippen LogP contribution in [0, 0.1) is 6.92 Å². The predicted molar refractivity (Wildman–Crippen MR) is 106 cm³/mol. The zero-order valence-corrected chi connectivity index (χ0v) is 15.5. The molecule has 1 heterocycles. The van der Waals surface area contributed by atoms with Crippen LogP contribution < -0.4 is 4.72 Å². The van der Waals surface area contributed by atoms with Crippen LogP contribution in [-0.2, 0) is 10.0 Å². The standard InChI is InChI=1S/C21H18N2O3S/c1-16-2-9-20(10-3-16)27(25,26)23-19-7-5-18(6-8-19)21(24)11-4-17-12-14-22-15-13-17/h2-15,23H,1H3/b11-4+. The van der Waals surface area contributed by atoms with Gasteiger partial charge >= 0.3 is 0 Å². The van der Waals surface area contributed by atoms with Gasteiger partial charge in [-0.1, -0.05) is 23.8 Å². The maximum absolute atomic E-state index is 12.4. The van der Waals surface area contributed by atoms with Crippen molar-refractivity contribution in [3.8, 4) is 0 Å². The molecule has 3 rings (SSSR count). The molecule has 0 aliphatic carbocycles. The third-order valence-corrected chi connectivity index (χ3v) is 5.28. The molecule has 0 unspecified atom stereocenters. The number of aryl methyl sites for hydroxylation is 1. The number of benzene rings is 2. The summed E-state index contributed by atoms with van der Waals surface area (Å²) in [6, 6.07) is 16.5. The quantitative estimate of drug-likeness (QED) is 0.518. The van der Waals surface area contributed by atoms with Gasteiger partial charge in [0.25, 0.3) is 10.0 Å². The molecule has 27 heavy (non-hydrogen) atoms. The van der Waals surface area contributed by atoms with E-state index >= 15 is 0 Å². The Kier molecular flexibility index (Phi) is 5.47. The van der Waals surface area contributed by atoms with E-state index in [2.05, 4.69) is 9.71 Å². The van der Waals surface area contributed by atoms with Crippen LogP contribution in [0.2, 0.25) is 0 Å². The second-order valence-corrected chi connectivity index (χ2v) is 7.66. The zero-order chi connectivity index (χ0) is 19.3. The summed E-state index contributed by atoms with van der Waals surface area (Å²) in [5.41, 5.74) is 2.72. The molecular formula is C21H18N2O3S. The van der Waals surface area contributed by atoms with Crippen LogP contribution in [0.1, 0.15) is 21.5 Å². The normalized spacial score (nSPS) is 11.4. The van der Waals surface area contributed by atoms with Gasteiger partial charge in [0.15, 0.2) is 5.78 Å². The van der Waals surface area contributed by atoms with Crippen molar-refractivity contribution in [2.45, 2.75) is 11.8 Å². The van der Waals surface area contributed by atoms with Gasteiger partial charge < -0.3 is 0 Å². The van der Waals surface area contributed by atoms with Gasteiger partial charge in [0.1, 0.15) is 0 Å². The van der Waals surface area contributed by atoms with E-state index in [1.165, 1.54) is 6.08 Å². The van der Waals surface area contributed by atoms with E-state index in [0.29, 0.717) is 11.3 Å². The Bertz CT molecular complexity index is 1060. The number of hydrogen-bond acceptors (Lipinski definition) is 4. The fraction of sp³-hybridized carbons (Fsp3) is 0.0476. The number of carbonyl (C=O) groups is 1. The molecule has 0 saturated carbocycles. The number of aromatic nitrogens is 1. The van der Waals surface area contributed by atoms with Gasteiger partial charge in [-0.3, -0.25) is 14.5 Å². The fourth-order valence-corrected chi connectivity index (χ4v) is 3.44. The van der Waals surface area contributed by atoms with Crippen molar-refractivity contribution < 1.29 is 13.2 Å². The Morgan fingerprint density at radius 1 is 0.926 bits per heavy atom. The molecular weight excluding hydrogens is 360 g/mol. The number of rotatable bonds is 6. The Hall–Kier alpha value is -3.25. The van der Waals surface area contributed by atoms with Crippen molar-refractivity contribution in [3.05, 3.63) is 95.8 Å². The molecule has 0 amide bonds. The summed E-state index contributed by atoms with van der Waals surface area (Å²) in [5, 5.41) is 0.